The highest BCUT2D eigenvalue weighted by Gasteiger charge is 2.30. The van der Waals surface area contributed by atoms with Crippen LogP contribution in [-0.4, -0.2) is 5.78 Å². The molecule has 0 amide bonds. The van der Waals surface area contributed by atoms with Gasteiger partial charge in [-0.15, -0.1) is 0 Å². The molecule has 17 heavy (non-hydrogen) atoms. The number of hydrogen-bond acceptors (Lipinski definition) is 2. The highest BCUT2D eigenvalue weighted by Crippen LogP contribution is 2.35. The average molecular weight is 235 g/mol. The quantitative estimate of drug-likeness (QED) is 0.805. The molecule has 0 N–H and O–H groups in total. The number of benzene rings is 1. The second kappa shape index (κ2) is 4.62. The number of nitriles is 1. The number of carbonyl (C=O) groups is 1. The molecule has 88 valence electrons. The van der Waals surface area contributed by atoms with Crippen molar-refractivity contribution in [3.05, 3.63) is 35.4 Å². The summed E-state index contributed by atoms with van der Waals surface area (Å²) in [6, 6.07) is 4.73. The summed E-state index contributed by atoms with van der Waals surface area (Å²) in [5.41, 5.74) is -0.0282. The van der Waals surface area contributed by atoms with Crippen molar-refractivity contribution in [2.24, 2.45) is 5.92 Å². The first-order valence-electron chi connectivity index (χ1n) is 5.49. The van der Waals surface area contributed by atoms with Gasteiger partial charge in [-0.05, 0) is 24.8 Å². The molecule has 1 atom stereocenters. The van der Waals surface area contributed by atoms with Crippen LogP contribution >= 0.6 is 0 Å². The van der Waals surface area contributed by atoms with Crippen LogP contribution in [0.4, 0.5) is 8.78 Å². The molecule has 1 aromatic rings. The van der Waals surface area contributed by atoms with E-state index in [-0.39, 0.29) is 11.3 Å². The first kappa shape index (κ1) is 11.7. The summed E-state index contributed by atoms with van der Waals surface area (Å²) < 4.78 is 26.2. The number of rotatable bonds is 4. The second-order valence-corrected chi connectivity index (χ2v) is 4.34. The summed E-state index contributed by atoms with van der Waals surface area (Å²) in [6.45, 7) is 0. The Balaban J connectivity index is 2.22. The summed E-state index contributed by atoms with van der Waals surface area (Å²) in [5.74, 6) is -2.59. The highest BCUT2D eigenvalue weighted by molar-refractivity contribution is 5.88. The van der Waals surface area contributed by atoms with Crippen LogP contribution in [0.2, 0.25) is 0 Å². The van der Waals surface area contributed by atoms with Gasteiger partial charge < -0.3 is 0 Å². The Morgan fingerprint density at radius 3 is 2.71 bits per heavy atom. The number of ketones is 1. The third kappa shape index (κ3) is 2.68. The maximum atomic E-state index is 13.5. The largest absolute Gasteiger partial charge is 0.298 e. The lowest BCUT2D eigenvalue weighted by atomic mass is 9.92. The van der Waals surface area contributed by atoms with Gasteiger partial charge in [0.1, 0.15) is 17.6 Å². The lowest BCUT2D eigenvalue weighted by Crippen LogP contribution is -2.13. The number of hydrogen-bond donors (Lipinski definition) is 0. The fourth-order valence-electron chi connectivity index (χ4n) is 1.77. The molecule has 0 aromatic heterocycles. The van der Waals surface area contributed by atoms with Gasteiger partial charge in [-0.2, -0.15) is 5.26 Å². The molecular weight excluding hydrogens is 224 g/mol. The van der Waals surface area contributed by atoms with Crippen molar-refractivity contribution in [2.45, 2.75) is 25.2 Å². The Hall–Kier alpha value is -1.76. The van der Waals surface area contributed by atoms with E-state index in [0.29, 0.717) is 18.4 Å². The van der Waals surface area contributed by atoms with Crippen molar-refractivity contribution in [3.8, 4) is 6.07 Å². The molecule has 1 aliphatic rings. The Morgan fingerprint density at radius 2 is 2.18 bits per heavy atom. The number of Topliss-reactive ketones (excluding diaryl/α,β-unsaturated/α-hetero) is 1. The second-order valence-electron chi connectivity index (χ2n) is 4.34. The van der Waals surface area contributed by atoms with Gasteiger partial charge in [-0.1, -0.05) is 6.07 Å². The van der Waals surface area contributed by atoms with Crippen molar-refractivity contribution in [1.82, 2.24) is 0 Å². The molecule has 1 saturated carbocycles. The van der Waals surface area contributed by atoms with Gasteiger partial charge in [0.15, 0.2) is 5.78 Å². The zero-order valence-electron chi connectivity index (χ0n) is 9.12. The Kier molecular flexibility index (Phi) is 3.19. The van der Waals surface area contributed by atoms with E-state index >= 15 is 0 Å². The highest BCUT2D eigenvalue weighted by atomic mass is 19.1. The summed E-state index contributed by atoms with van der Waals surface area (Å²) in [4.78, 5) is 11.8. The van der Waals surface area contributed by atoms with E-state index in [2.05, 4.69) is 0 Å². The summed E-state index contributed by atoms with van der Waals surface area (Å²) in [6.07, 6.45) is 2.31. The maximum Gasteiger partial charge on any atom is 0.154 e. The van der Waals surface area contributed by atoms with Crippen LogP contribution < -0.4 is 0 Å². The van der Waals surface area contributed by atoms with E-state index in [1.165, 1.54) is 6.07 Å². The van der Waals surface area contributed by atoms with Crippen LogP contribution in [0.1, 0.15) is 30.7 Å². The fraction of sp³-hybridized carbons (Fsp3) is 0.385. The third-order valence-corrected chi connectivity index (χ3v) is 2.91. The van der Waals surface area contributed by atoms with Crippen molar-refractivity contribution in [1.29, 1.82) is 5.26 Å². The first-order chi connectivity index (χ1) is 8.11. The van der Waals surface area contributed by atoms with Gasteiger partial charge in [-0.3, -0.25) is 4.79 Å². The Morgan fingerprint density at radius 1 is 1.47 bits per heavy atom. The average Bonchev–Trinajstić information content (AvgIpc) is 3.06. The standard InChI is InChI=1S/C13H11F2NO/c14-9-3-4-10(12(15)6-9)11(7-16)13(17)5-8-1-2-8/h3-4,6,8,11H,1-2,5H2. The Bertz CT molecular complexity index is 489. The molecule has 0 bridgehead atoms. The van der Waals surface area contributed by atoms with E-state index in [1.807, 2.05) is 0 Å². The van der Waals surface area contributed by atoms with E-state index in [1.54, 1.807) is 6.07 Å². The Labute approximate surface area is 97.9 Å². The smallest absolute Gasteiger partial charge is 0.154 e. The molecule has 0 saturated heterocycles. The SMILES string of the molecule is N#CC(C(=O)CC1CC1)c1ccc(F)cc1F. The summed E-state index contributed by atoms with van der Waals surface area (Å²) in [7, 11) is 0. The van der Waals surface area contributed by atoms with Crippen molar-refractivity contribution in [3.63, 3.8) is 0 Å². The van der Waals surface area contributed by atoms with Gasteiger partial charge in [0.05, 0.1) is 6.07 Å². The molecule has 4 heteroatoms. The molecule has 1 aromatic carbocycles. The molecule has 2 nitrogen and oxygen atoms in total. The van der Waals surface area contributed by atoms with E-state index < -0.39 is 17.6 Å². The van der Waals surface area contributed by atoms with Crippen molar-refractivity contribution in [2.75, 3.05) is 0 Å². The van der Waals surface area contributed by atoms with E-state index in [0.717, 1.165) is 18.9 Å². The zero-order chi connectivity index (χ0) is 12.4. The molecule has 0 aliphatic heterocycles. The summed E-state index contributed by atoms with van der Waals surface area (Å²) in [5, 5.41) is 8.95. The van der Waals surface area contributed by atoms with E-state index in [4.69, 9.17) is 5.26 Å². The normalized spacial score (nSPS) is 16.3. The molecule has 1 fully saturated rings. The topological polar surface area (TPSA) is 40.9 Å². The van der Waals surface area contributed by atoms with E-state index in [9.17, 15) is 13.6 Å². The van der Waals surface area contributed by atoms with Gasteiger partial charge >= 0.3 is 0 Å². The summed E-state index contributed by atoms with van der Waals surface area (Å²) >= 11 is 0. The van der Waals surface area contributed by atoms with Gasteiger partial charge in [0.2, 0.25) is 0 Å². The molecule has 2 rings (SSSR count). The minimum atomic E-state index is -1.11. The predicted molar refractivity (Wildman–Crippen MR) is 57.1 cm³/mol. The molecule has 1 aliphatic carbocycles. The van der Waals surface area contributed by atoms with Crippen molar-refractivity contribution < 1.29 is 13.6 Å². The molecule has 0 radical (unpaired) electrons. The lowest BCUT2D eigenvalue weighted by Gasteiger charge is -2.09. The van der Waals surface area contributed by atoms with Crippen LogP contribution in [0.3, 0.4) is 0 Å². The number of nitrogens with zero attached hydrogens (tertiary/aromatic N) is 1. The number of carbonyl (C=O) groups excluding carboxylic acids is 1. The molecule has 0 heterocycles. The first-order valence-corrected chi connectivity index (χ1v) is 5.49. The van der Waals surface area contributed by atoms with Crippen molar-refractivity contribution >= 4 is 5.78 Å². The molecule has 1 unspecified atom stereocenters. The molecular formula is C13H11F2NO. The van der Waals surface area contributed by atoms with Crippen LogP contribution in [-0.2, 0) is 4.79 Å². The van der Waals surface area contributed by atoms with Gasteiger partial charge in [-0.25, -0.2) is 8.78 Å². The fourth-order valence-corrected chi connectivity index (χ4v) is 1.77. The van der Waals surface area contributed by atoms with Crippen LogP contribution in [0.25, 0.3) is 0 Å². The van der Waals surface area contributed by atoms with Crippen LogP contribution in [0.15, 0.2) is 18.2 Å². The van der Waals surface area contributed by atoms with Crippen LogP contribution in [0.5, 0.6) is 0 Å². The van der Waals surface area contributed by atoms with Gasteiger partial charge in [0, 0.05) is 18.1 Å². The monoisotopic (exact) mass is 235 g/mol. The minimum absolute atomic E-state index is 0.0282. The predicted octanol–water partition coefficient (Wildman–Crippen LogP) is 2.94. The molecule has 0 spiro atoms. The van der Waals surface area contributed by atoms with Crippen LogP contribution in [0, 0.1) is 28.9 Å². The maximum absolute atomic E-state index is 13.5. The number of halogens is 2. The lowest BCUT2D eigenvalue weighted by molar-refractivity contribution is -0.119. The zero-order valence-corrected chi connectivity index (χ0v) is 9.12. The minimum Gasteiger partial charge on any atom is -0.298 e. The van der Waals surface area contributed by atoms with Gasteiger partial charge in [0.25, 0.3) is 0 Å². The third-order valence-electron chi connectivity index (χ3n) is 2.91.